The Morgan fingerprint density at radius 1 is 1.30 bits per heavy atom. The number of carbonyl (C=O) groups excluding carboxylic acids is 2. The predicted molar refractivity (Wildman–Crippen MR) is 77.3 cm³/mol. The second-order valence-electron chi connectivity index (χ2n) is 5.02. The monoisotopic (exact) mass is 295 g/mol. The van der Waals surface area contributed by atoms with Gasteiger partial charge in [0.1, 0.15) is 11.5 Å². The second kappa shape index (κ2) is 6.27. The van der Waals surface area contributed by atoms with Crippen LogP contribution < -0.4 is 4.74 Å². The zero-order chi connectivity index (χ0) is 14.7. The van der Waals surface area contributed by atoms with Gasteiger partial charge in [-0.2, -0.15) is 0 Å². The van der Waals surface area contributed by atoms with Gasteiger partial charge in [0.05, 0.1) is 12.7 Å². The zero-order valence-corrected chi connectivity index (χ0v) is 12.4. The molecule has 0 unspecified atom stereocenters. The van der Waals surface area contributed by atoms with Gasteiger partial charge < -0.3 is 9.64 Å². The average Bonchev–Trinajstić information content (AvgIpc) is 2.46. The molecule has 0 bridgehead atoms. The number of ketones is 1. The molecule has 1 aliphatic rings. The molecule has 1 aliphatic heterocycles. The van der Waals surface area contributed by atoms with Crippen LogP contribution in [0, 0.1) is 5.92 Å². The average molecular weight is 296 g/mol. The standard InChI is InChI=1S/C15H18ClNO3/c1-10(18)11-5-7-17(8-6-11)15(19)13-9-12(16)3-4-14(13)20-2/h3-4,9,11H,5-8H2,1-2H3. The number of piperidine rings is 1. The topological polar surface area (TPSA) is 46.6 Å². The summed E-state index contributed by atoms with van der Waals surface area (Å²) in [4.78, 5) is 25.6. The first kappa shape index (κ1) is 14.9. The van der Waals surface area contributed by atoms with Gasteiger partial charge >= 0.3 is 0 Å². The van der Waals surface area contributed by atoms with Crippen LogP contribution in [-0.2, 0) is 4.79 Å². The molecular formula is C15H18ClNO3. The maximum atomic E-state index is 12.5. The zero-order valence-electron chi connectivity index (χ0n) is 11.7. The first-order valence-electron chi connectivity index (χ1n) is 6.66. The molecule has 0 N–H and O–H groups in total. The van der Waals surface area contributed by atoms with E-state index >= 15 is 0 Å². The molecule has 1 amide bonds. The van der Waals surface area contributed by atoms with Crippen molar-refractivity contribution in [2.45, 2.75) is 19.8 Å². The summed E-state index contributed by atoms with van der Waals surface area (Å²) in [5.41, 5.74) is 0.473. The highest BCUT2D eigenvalue weighted by molar-refractivity contribution is 6.31. The van der Waals surface area contributed by atoms with Crippen LogP contribution in [0.1, 0.15) is 30.1 Å². The number of benzene rings is 1. The van der Waals surface area contributed by atoms with Gasteiger partial charge in [0.2, 0.25) is 0 Å². The summed E-state index contributed by atoms with van der Waals surface area (Å²) in [6, 6.07) is 5.01. The Kier molecular flexibility index (Phi) is 4.65. The van der Waals surface area contributed by atoms with Crippen LogP contribution in [0.15, 0.2) is 18.2 Å². The van der Waals surface area contributed by atoms with Crippen molar-refractivity contribution >= 4 is 23.3 Å². The third-order valence-electron chi connectivity index (χ3n) is 3.75. The lowest BCUT2D eigenvalue weighted by Gasteiger charge is -2.31. The van der Waals surface area contributed by atoms with Gasteiger partial charge in [-0.05, 0) is 38.0 Å². The molecule has 20 heavy (non-hydrogen) atoms. The summed E-state index contributed by atoms with van der Waals surface area (Å²) >= 11 is 5.95. The number of methoxy groups -OCH3 is 1. The summed E-state index contributed by atoms with van der Waals surface area (Å²) in [5.74, 6) is 0.720. The van der Waals surface area contributed by atoms with E-state index < -0.39 is 0 Å². The first-order chi connectivity index (χ1) is 9.52. The van der Waals surface area contributed by atoms with Gasteiger partial charge in [0, 0.05) is 24.0 Å². The van der Waals surface area contributed by atoms with Crippen LogP contribution in [0.2, 0.25) is 5.02 Å². The van der Waals surface area contributed by atoms with E-state index in [0.717, 1.165) is 12.8 Å². The number of Topliss-reactive ketones (excluding diaryl/α,β-unsaturated/α-hetero) is 1. The Morgan fingerprint density at radius 2 is 1.95 bits per heavy atom. The SMILES string of the molecule is COc1ccc(Cl)cc1C(=O)N1CCC(C(C)=O)CC1. The summed E-state index contributed by atoms with van der Waals surface area (Å²) < 4.78 is 5.21. The first-order valence-corrected chi connectivity index (χ1v) is 7.04. The molecule has 1 aromatic carbocycles. The van der Waals surface area contributed by atoms with Crippen molar-refractivity contribution in [2.75, 3.05) is 20.2 Å². The van der Waals surface area contributed by atoms with Gasteiger partial charge in [0.15, 0.2) is 0 Å². The minimum Gasteiger partial charge on any atom is -0.496 e. The van der Waals surface area contributed by atoms with E-state index in [1.165, 1.54) is 7.11 Å². The number of carbonyl (C=O) groups is 2. The number of halogens is 1. The Bertz CT molecular complexity index is 522. The van der Waals surface area contributed by atoms with Crippen molar-refractivity contribution in [3.63, 3.8) is 0 Å². The highest BCUT2D eigenvalue weighted by Gasteiger charge is 2.27. The fraction of sp³-hybridized carbons (Fsp3) is 0.467. The van der Waals surface area contributed by atoms with Crippen molar-refractivity contribution in [1.29, 1.82) is 0 Å². The van der Waals surface area contributed by atoms with Crippen LogP contribution in [0.3, 0.4) is 0 Å². The molecule has 0 aliphatic carbocycles. The largest absolute Gasteiger partial charge is 0.496 e. The Hall–Kier alpha value is -1.55. The smallest absolute Gasteiger partial charge is 0.257 e. The Labute approximate surface area is 123 Å². The number of amides is 1. The van der Waals surface area contributed by atoms with Gasteiger partial charge in [-0.25, -0.2) is 0 Å². The van der Waals surface area contributed by atoms with Crippen LogP contribution in [0.4, 0.5) is 0 Å². The molecule has 1 saturated heterocycles. The van der Waals surface area contributed by atoms with Crippen LogP contribution >= 0.6 is 11.6 Å². The minimum atomic E-state index is -0.0913. The van der Waals surface area contributed by atoms with Crippen LogP contribution in [-0.4, -0.2) is 36.8 Å². The number of ether oxygens (including phenoxy) is 1. The lowest BCUT2D eigenvalue weighted by atomic mass is 9.93. The van der Waals surface area contributed by atoms with Crippen molar-refractivity contribution in [2.24, 2.45) is 5.92 Å². The van der Waals surface area contributed by atoms with E-state index in [2.05, 4.69) is 0 Å². The normalized spacial score (nSPS) is 16.1. The molecule has 1 aromatic rings. The lowest BCUT2D eigenvalue weighted by molar-refractivity contribution is -0.121. The molecule has 0 saturated carbocycles. The molecule has 0 radical (unpaired) electrons. The number of hydrogen-bond donors (Lipinski definition) is 0. The summed E-state index contributed by atoms with van der Waals surface area (Å²) in [5, 5.41) is 0.507. The highest BCUT2D eigenvalue weighted by atomic mass is 35.5. The minimum absolute atomic E-state index is 0.0836. The number of rotatable bonds is 3. The number of hydrogen-bond acceptors (Lipinski definition) is 3. The van der Waals surface area contributed by atoms with Crippen molar-refractivity contribution in [3.05, 3.63) is 28.8 Å². The summed E-state index contributed by atoms with van der Waals surface area (Å²) in [7, 11) is 1.53. The summed E-state index contributed by atoms with van der Waals surface area (Å²) in [6.07, 6.45) is 1.45. The number of nitrogens with zero attached hydrogens (tertiary/aromatic N) is 1. The third kappa shape index (κ3) is 3.12. The molecule has 108 valence electrons. The van der Waals surface area contributed by atoms with Gasteiger partial charge in [0.25, 0.3) is 5.91 Å². The Balaban J connectivity index is 2.13. The van der Waals surface area contributed by atoms with E-state index in [1.54, 1.807) is 30.0 Å². The van der Waals surface area contributed by atoms with Gasteiger partial charge in [-0.3, -0.25) is 9.59 Å². The molecule has 1 heterocycles. The molecule has 4 nitrogen and oxygen atoms in total. The number of likely N-dealkylation sites (tertiary alicyclic amines) is 1. The van der Waals surface area contributed by atoms with Gasteiger partial charge in [-0.15, -0.1) is 0 Å². The molecule has 5 heteroatoms. The molecule has 0 spiro atoms. The molecule has 0 aromatic heterocycles. The van der Waals surface area contributed by atoms with E-state index in [9.17, 15) is 9.59 Å². The van der Waals surface area contributed by atoms with Gasteiger partial charge in [-0.1, -0.05) is 11.6 Å². The fourth-order valence-corrected chi connectivity index (χ4v) is 2.68. The lowest BCUT2D eigenvalue weighted by Crippen LogP contribution is -2.40. The van der Waals surface area contributed by atoms with E-state index in [-0.39, 0.29) is 17.6 Å². The summed E-state index contributed by atoms with van der Waals surface area (Å²) in [6.45, 7) is 2.81. The predicted octanol–water partition coefficient (Wildman–Crippen LogP) is 2.79. The van der Waals surface area contributed by atoms with E-state index in [4.69, 9.17) is 16.3 Å². The highest BCUT2D eigenvalue weighted by Crippen LogP contribution is 2.26. The molecule has 1 fully saturated rings. The molecular weight excluding hydrogens is 278 g/mol. The molecule has 0 atom stereocenters. The van der Waals surface area contributed by atoms with Crippen molar-refractivity contribution in [1.82, 2.24) is 4.90 Å². The van der Waals surface area contributed by atoms with Crippen LogP contribution in [0.25, 0.3) is 0 Å². The van der Waals surface area contributed by atoms with Crippen molar-refractivity contribution < 1.29 is 14.3 Å². The van der Waals surface area contributed by atoms with Crippen LogP contribution in [0.5, 0.6) is 5.75 Å². The second-order valence-corrected chi connectivity index (χ2v) is 5.46. The van der Waals surface area contributed by atoms with E-state index in [1.807, 2.05) is 0 Å². The maximum absolute atomic E-state index is 12.5. The van der Waals surface area contributed by atoms with Crippen molar-refractivity contribution in [3.8, 4) is 5.75 Å². The van der Waals surface area contributed by atoms with E-state index in [0.29, 0.717) is 29.4 Å². The fourth-order valence-electron chi connectivity index (χ4n) is 2.51. The Morgan fingerprint density at radius 3 is 2.50 bits per heavy atom. The quantitative estimate of drug-likeness (QED) is 0.861. The molecule has 2 rings (SSSR count). The maximum Gasteiger partial charge on any atom is 0.257 e. The third-order valence-corrected chi connectivity index (χ3v) is 3.98.